The molecule has 0 bridgehead atoms. The maximum atomic E-state index is 12.8. The number of carboxylic acid groups (broad SMARTS) is 1. The van der Waals surface area contributed by atoms with E-state index >= 15 is 0 Å². The van der Waals surface area contributed by atoms with Crippen LogP contribution in [0.3, 0.4) is 0 Å². The Bertz CT molecular complexity index is 1360. The molecule has 0 aromatic heterocycles. The molecule has 3 aromatic carbocycles. The van der Waals surface area contributed by atoms with Crippen molar-refractivity contribution in [2.45, 2.75) is 12.5 Å². The first-order valence-corrected chi connectivity index (χ1v) is 12.3. The molecular formula is C29H27N3O7. The lowest BCUT2D eigenvalue weighted by atomic mass is 10.1. The van der Waals surface area contributed by atoms with Gasteiger partial charge in [-0.2, -0.15) is 0 Å². The minimum Gasteiger partial charge on any atom is -0.478 e. The van der Waals surface area contributed by atoms with Gasteiger partial charge in [-0.15, -0.1) is 0 Å². The molecule has 0 radical (unpaired) electrons. The molecular weight excluding hydrogens is 502 g/mol. The van der Waals surface area contributed by atoms with Crippen molar-refractivity contribution in [2.24, 2.45) is 5.92 Å². The number of ether oxygens (including phenoxy) is 1. The average molecular weight is 530 g/mol. The van der Waals surface area contributed by atoms with E-state index in [-0.39, 0.29) is 36.0 Å². The molecule has 1 saturated heterocycles. The van der Waals surface area contributed by atoms with E-state index in [2.05, 4.69) is 10.6 Å². The number of hydrogen-bond acceptors (Lipinski definition) is 6. The highest BCUT2D eigenvalue weighted by Crippen LogP contribution is 2.23. The molecule has 1 aliphatic rings. The fraction of sp³-hybridized carbons (Fsp3) is 0.207. The van der Waals surface area contributed by atoms with E-state index in [9.17, 15) is 29.1 Å². The predicted molar refractivity (Wildman–Crippen MR) is 141 cm³/mol. The molecule has 1 aliphatic heterocycles. The van der Waals surface area contributed by atoms with Crippen LogP contribution in [0.2, 0.25) is 0 Å². The summed E-state index contributed by atoms with van der Waals surface area (Å²) in [5, 5.41) is 14.5. The third-order valence-electron chi connectivity index (χ3n) is 6.36. The molecule has 0 unspecified atom stereocenters. The van der Waals surface area contributed by atoms with Crippen molar-refractivity contribution in [1.29, 1.82) is 0 Å². The highest BCUT2D eigenvalue weighted by molar-refractivity contribution is 6.05. The van der Waals surface area contributed by atoms with Gasteiger partial charge in [-0.25, -0.2) is 4.79 Å². The van der Waals surface area contributed by atoms with Crippen molar-refractivity contribution in [3.8, 4) is 11.5 Å². The minimum atomic E-state index is -1.26. The van der Waals surface area contributed by atoms with Gasteiger partial charge in [0.05, 0.1) is 23.7 Å². The van der Waals surface area contributed by atoms with Gasteiger partial charge in [0.25, 0.3) is 11.8 Å². The topological polar surface area (TPSA) is 142 Å². The summed E-state index contributed by atoms with van der Waals surface area (Å²) in [4.78, 5) is 62.2. The largest absolute Gasteiger partial charge is 0.478 e. The van der Waals surface area contributed by atoms with Crippen molar-refractivity contribution in [1.82, 2.24) is 15.5 Å². The molecule has 39 heavy (non-hydrogen) atoms. The second kappa shape index (κ2) is 12.5. The zero-order valence-electron chi connectivity index (χ0n) is 20.9. The Hall–Kier alpha value is -4.99. The van der Waals surface area contributed by atoms with Crippen LogP contribution < -0.4 is 15.4 Å². The molecule has 3 N–H and O–H groups in total. The summed E-state index contributed by atoms with van der Waals surface area (Å²) in [7, 11) is 0. The van der Waals surface area contributed by atoms with Crippen molar-refractivity contribution in [3.63, 3.8) is 0 Å². The summed E-state index contributed by atoms with van der Waals surface area (Å²) in [6.45, 7) is 0.0924. The first-order valence-electron chi connectivity index (χ1n) is 12.3. The number of amides is 3. The highest BCUT2D eigenvalue weighted by Gasteiger charge is 2.35. The van der Waals surface area contributed by atoms with Gasteiger partial charge in [-0.1, -0.05) is 30.3 Å². The SMILES string of the molecule is O=C[C@@H]1C[C@@H](CNC(=O)c2ccc(Oc3ccccc3)cc2)CN1C(=O)CNC(=O)c1ccccc1C(=O)O. The Balaban J connectivity index is 1.27. The molecule has 0 aliphatic carbocycles. The van der Waals surface area contributed by atoms with Crippen LogP contribution in [-0.4, -0.2) is 65.7 Å². The maximum absolute atomic E-state index is 12.8. The van der Waals surface area contributed by atoms with Crippen LogP contribution in [0.25, 0.3) is 0 Å². The molecule has 0 saturated carbocycles. The Kier molecular flexibility index (Phi) is 8.67. The molecule has 3 aromatic rings. The van der Waals surface area contributed by atoms with Crippen molar-refractivity contribution < 1.29 is 33.8 Å². The number of nitrogens with zero attached hydrogens (tertiary/aromatic N) is 1. The number of para-hydroxylation sites is 1. The fourth-order valence-corrected chi connectivity index (χ4v) is 4.38. The standard InChI is InChI=1S/C29H27N3O7/c33-18-21-14-19(15-30-27(35)20-10-12-23(13-11-20)39-22-6-2-1-3-7-22)17-32(21)26(34)16-31-28(36)24-8-4-5-9-25(24)29(37)38/h1-13,18-19,21H,14-17H2,(H,30,35)(H,31,36)(H,37,38)/t19-,21-/m0/s1. The summed E-state index contributed by atoms with van der Waals surface area (Å²) in [6, 6.07) is 21.0. The third kappa shape index (κ3) is 6.86. The van der Waals surface area contributed by atoms with E-state index in [1.807, 2.05) is 30.3 Å². The second-order valence-corrected chi connectivity index (χ2v) is 9.03. The van der Waals surface area contributed by atoms with Crippen LogP contribution >= 0.6 is 0 Å². The van der Waals surface area contributed by atoms with Gasteiger partial charge in [0.2, 0.25) is 5.91 Å². The van der Waals surface area contributed by atoms with Gasteiger partial charge in [0.1, 0.15) is 17.8 Å². The van der Waals surface area contributed by atoms with Crippen LogP contribution in [0.15, 0.2) is 78.9 Å². The van der Waals surface area contributed by atoms with E-state index in [4.69, 9.17) is 4.74 Å². The van der Waals surface area contributed by atoms with Crippen LogP contribution in [0.5, 0.6) is 11.5 Å². The molecule has 2 atom stereocenters. The first kappa shape index (κ1) is 27.1. The lowest BCUT2D eigenvalue weighted by Crippen LogP contribution is -2.43. The van der Waals surface area contributed by atoms with Gasteiger partial charge in [0.15, 0.2) is 0 Å². The predicted octanol–water partition coefficient (Wildman–Crippen LogP) is 2.75. The fourth-order valence-electron chi connectivity index (χ4n) is 4.38. The van der Waals surface area contributed by atoms with Gasteiger partial charge in [-0.3, -0.25) is 14.4 Å². The molecule has 10 heteroatoms. The molecule has 200 valence electrons. The van der Waals surface area contributed by atoms with Crippen molar-refractivity contribution >= 4 is 30.0 Å². The third-order valence-corrected chi connectivity index (χ3v) is 6.36. The first-order chi connectivity index (χ1) is 18.9. The van der Waals surface area contributed by atoms with Crippen LogP contribution in [0.1, 0.15) is 37.5 Å². The van der Waals surface area contributed by atoms with E-state index in [1.54, 1.807) is 24.3 Å². The molecule has 1 heterocycles. The Morgan fingerprint density at radius 3 is 2.15 bits per heavy atom. The second-order valence-electron chi connectivity index (χ2n) is 9.03. The van der Waals surface area contributed by atoms with Crippen molar-refractivity contribution in [3.05, 3.63) is 95.6 Å². The smallest absolute Gasteiger partial charge is 0.336 e. The quantitative estimate of drug-likeness (QED) is 0.343. The number of carbonyl (C=O) groups excluding carboxylic acids is 4. The number of nitrogens with one attached hydrogen (secondary N) is 2. The summed E-state index contributed by atoms with van der Waals surface area (Å²) >= 11 is 0. The number of aldehydes is 1. The number of hydrogen-bond donors (Lipinski definition) is 3. The van der Waals surface area contributed by atoms with E-state index < -0.39 is 30.4 Å². The number of likely N-dealkylation sites (tertiary alicyclic amines) is 1. The van der Waals surface area contributed by atoms with Gasteiger partial charge in [-0.05, 0) is 60.9 Å². The Labute approximate surface area is 224 Å². The van der Waals surface area contributed by atoms with E-state index in [1.165, 1.54) is 29.2 Å². The Morgan fingerprint density at radius 1 is 0.846 bits per heavy atom. The maximum Gasteiger partial charge on any atom is 0.336 e. The van der Waals surface area contributed by atoms with Crippen molar-refractivity contribution in [2.75, 3.05) is 19.6 Å². The lowest BCUT2D eigenvalue weighted by Gasteiger charge is -2.21. The minimum absolute atomic E-state index is 0.0635. The molecule has 10 nitrogen and oxygen atoms in total. The summed E-state index contributed by atoms with van der Waals surface area (Å²) in [5.41, 5.74) is 0.201. The number of carboxylic acids is 1. The summed E-state index contributed by atoms with van der Waals surface area (Å²) in [6.07, 6.45) is 1.04. The monoisotopic (exact) mass is 529 g/mol. The normalized spacial score (nSPS) is 16.3. The number of carbonyl (C=O) groups is 5. The molecule has 4 rings (SSSR count). The van der Waals surface area contributed by atoms with Gasteiger partial charge in [0, 0.05) is 18.7 Å². The highest BCUT2D eigenvalue weighted by atomic mass is 16.5. The van der Waals surface area contributed by atoms with Gasteiger partial charge < -0.3 is 30.2 Å². The number of rotatable bonds is 10. The molecule has 3 amide bonds. The Morgan fingerprint density at radius 2 is 1.49 bits per heavy atom. The van der Waals surface area contributed by atoms with Crippen LogP contribution in [0, 0.1) is 5.92 Å². The summed E-state index contributed by atoms with van der Waals surface area (Å²) < 4.78 is 5.73. The number of benzene rings is 3. The zero-order valence-corrected chi connectivity index (χ0v) is 20.9. The average Bonchev–Trinajstić information content (AvgIpc) is 3.39. The summed E-state index contributed by atoms with van der Waals surface area (Å²) in [5.74, 6) is -1.60. The van der Waals surface area contributed by atoms with Crippen LogP contribution in [0.4, 0.5) is 0 Å². The van der Waals surface area contributed by atoms with Gasteiger partial charge >= 0.3 is 5.97 Å². The van der Waals surface area contributed by atoms with E-state index in [0.29, 0.717) is 29.8 Å². The molecule has 1 fully saturated rings. The number of aromatic carboxylic acids is 1. The van der Waals surface area contributed by atoms with E-state index in [0.717, 1.165) is 0 Å². The molecule has 0 spiro atoms. The zero-order chi connectivity index (χ0) is 27.8. The van der Waals surface area contributed by atoms with Crippen LogP contribution in [-0.2, 0) is 9.59 Å². The lowest BCUT2D eigenvalue weighted by molar-refractivity contribution is -0.133.